The van der Waals surface area contributed by atoms with Gasteiger partial charge in [0.05, 0.1) is 17.2 Å². The number of para-hydroxylation sites is 1. The molecule has 7 heteroatoms. The predicted octanol–water partition coefficient (Wildman–Crippen LogP) is 3.39. The molecule has 0 aliphatic carbocycles. The summed E-state index contributed by atoms with van der Waals surface area (Å²) in [5.74, 6) is -0.466. The number of nitro groups is 1. The molecule has 0 unspecified atom stereocenters. The highest BCUT2D eigenvalue weighted by molar-refractivity contribution is 5.98. The number of hydrogen-bond acceptors (Lipinski definition) is 4. The van der Waals surface area contributed by atoms with Crippen LogP contribution < -0.4 is 5.32 Å². The van der Waals surface area contributed by atoms with Crippen LogP contribution in [0.2, 0.25) is 0 Å². The summed E-state index contributed by atoms with van der Waals surface area (Å²) in [5, 5.41) is 18.3. The fraction of sp³-hybridized carbons (Fsp3) is 0.200. The summed E-state index contributed by atoms with van der Waals surface area (Å²) in [6, 6.07) is 15.8. The standard InChI is InChI=1S/C20H20N4O3/c1-14-10-15(2)23(22-14)13-17-7-5-6-16(11-17)12-21-20(25)18-8-3-4-9-19(18)24(26)27/h3-11H,12-13H2,1-2H3,(H,21,25). The smallest absolute Gasteiger partial charge is 0.282 e. The van der Waals surface area contributed by atoms with Crippen molar-refractivity contribution >= 4 is 11.6 Å². The Bertz CT molecular complexity index is 994. The molecule has 1 aromatic heterocycles. The van der Waals surface area contributed by atoms with Gasteiger partial charge in [0.2, 0.25) is 0 Å². The summed E-state index contributed by atoms with van der Waals surface area (Å²) in [4.78, 5) is 22.9. The molecule has 0 saturated carbocycles. The molecule has 0 aliphatic heterocycles. The molecule has 0 aliphatic rings. The van der Waals surface area contributed by atoms with Gasteiger partial charge in [-0.05, 0) is 37.1 Å². The Labute approximate surface area is 156 Å². The number of amides is 1. The van der Waals surface area contributed by atoms with Crippen molar-refractivity contribution in [2.45, 2.75) is 26.9 Å². The lowest BCUT2D eigenvalue weighted by Crippen LogP contribution is -2.23. The van der Waals surface area contributed by atoms with Gasteiger partial charge in [-0.15, -0.1) is 0 Å². The Hall–Kier alpha value is -3.48. The van der Waals surface area contributed by atoms with Gasteiger partial charge in [0, 0.05) is 18.3 Å². The van der Waals surface area contributed by atoms with Crippen molar-refractivity contribution < 1.29 is 9.72 Å². The lowest BCUT2D eigenvalue weighted by molar-refractivity contribution is -0.385. The molecule has 138 valence electrons. The molecule has 1 N–H and O–H groups in total. The molecule has 7 nitrogen and oxygen atoms in total. The Morgan fingerprint density at radius 2 is 1.85 bits per heavy atom. The third-order valence-corrected chi connectivity index (χ3v) is 4.23. The van der Waals surface area contributed by atoms with Crippen molar-refractivity contribution in [1.82, 2.24) is 15.1 Å². The molecule has 0 spiro atoms. The molecule has 3 aromatic rings. The summed E-state index contributed by atoms with van der Waals surface area (Å²) < 4.78 is 1.93. The van der Waals surface area contributed by atoms with Gasteiger partial charge >= 0.3 is 0 Å². The molecular formula is C20H20N4O3. The Morgan fingerprint density at radius 1 is 1.11 bits per heavy atom. The van der Waals surface area contributed by atoms with Gasteiger partial charge in [-0.3, -0.25) is 19.6 Å². The summed E-state index contributed by atoms with van der Waals surface area (Å²) >= 11 is 0. The van der Waals surface area contributed by atoms with Crippen LogP contribution in [0.3, 0.4) is 0 Å². The van der Waals surface area contributed by atoms with Crippen LogP contribution >= 0.6 is 0 Å². The van der Waals surface area contributed by atoms with Crippen molar-refractivity contribution in [1.29, 1.82) is 0 Å². The SMILES string of the molecule is Cc1cc(C)n(Cc2cccc(CNC(=O)c3ccccc3[N+](=O)[O-])c2)n1. The zero-order chi connectivity index (χ0) is 19.4. The minimum absolute atomic E-state index is 0.0568. The van der Waals surface area contributed by atoms with Gasteiger partial charge in [-0.2, -0.15) is 5.10 Å². The van der Waals surface area contributed by atoms with Crippen LogP contribution in [0.25, 0.3) is 0 Å². The fourth-order valence-corrected chi connectivity index (χ4v) is 2.95. The first-order chi connectivity index (χ1) is 12.9. The third kappa shape index (κ3) is 4.38. The zero-order valence-electron chi connectivity index (χ0n) is 15.2. The van der Waals surface area contributed by atoms with E-state index in [4.69, 9.17) is 0 Å². The second kappa shape index (κ2) is 7.82. The molecule has 0 bridgehead atoms. The summed E-state index contributed by atoms with van der Waals surface area (Å²) in [7, 11) is 0. The van der Waals surface area contributed by atoms with Gasteiger partial charge in [-0.25, -0.2) is 0 Å². The summed E-state index contributed by atoms with van der Waals surface area (Å²) in [5.41, 5.74) is 3.90. The number of rotatable bonds is 6. The zero-order valence-corrected chi connectivity index (χ0v) is 15.2. The molecule has 0 saturated heterocycles. The highest BCUT2D eigenvalue weighted by Gasteiger charge is 2.18. The van der Waals surface area contributed by atoms with Gasteiger partial charge < -0.3 is 5.32 Å². The maximum atomic E-state index is 12.3. The van der Waals surface area contributed by atoms with E-state index in [2.05, 4.69) is 10.4 Å². The number of benzene rings is 2. The number of carbonyl (C=O) groups is 1. The van der Waals surface area contributed by atoms with E-state index in [1.807, 2.05) is 48.9 Å². The number of hydrogen-bond donors (Lipinski definition) is 1. The molecular weight excluding hydrogens is 344 g/mol. The van der Waals surface area contributed by atoms with Crippen molar-refractivity contribution in [3.8, 4) is 0 Å². The topological polar surface area (TPSA) is 90.1 Å². The summed E-state index contributed by atoms with van der Waals surface area (Å²) in [6.45, 7) is 4.90. The van der Waals surface area contributed by atoms with Crippen LogP contribution in [0.4, 0.5) is 5.69 Å². The van der Waals surface area contributed by atoms with Gasteiger partial charge in [0.1, 0.15) is 5.56 Å². The van der Waals surface area contributed by atoms with E-state index in [0.717, 1.165) is 22.5 Å². The first kappa shape index (κ1) is 18.3. The van der Waals surface area contributed by atoms with Crippen LogP contribution in [0.15, 0.2) is 54.6 Å². The number of nitrogens with zero attached hydrogens (tertiary/aromatic N) is 3. The number of aromatic nitrogens is 2. The molecule has 27 heavy (non-hydrogen) atoms. The number of nitrogens with one attached hydrogen (secondary N) is 1. The fourth-order valence-electron chi connectivity index (χ4n) is 2.95. The second-order valence-electron chi connectivity index (χ2n) is 6.36. The van der Waals surface area contributed by atoms with E-state index < -0.39 is 10.8 Å². The second-order valence-corrected chi connectivity index (χ2v) is 6.36. The highest BCUT2D eigenvalue weighted by atomic mass is 16.6. The van der Waals surface area contributed by atoms with Gasteiger partial charge in [0.15, 0.2) is 0 Å². The van der Waals surface area contributed by atoms with Crippen LogP contribution in [0.5, 0.6) is 0 Å². The molecule has 0 radical (unpaired) electrons. The van der Waals surface area contributed by atoms with Crippen molar-refractivity contribution in [3.63, 3.8) is 0 Å². The summed E-state index contributed by atoms with van der Waals surface area (Å²) in [6.07, 6.45) is 0. The molecule has 2 aromatic carbocycles. The van der Waals surface area contributed by atoms with E-state index in [1.165, 1.54) is 18.2 Å². The Morgan fingerprint density at radius 3 is 2.56 bits per heavy atom. The van der Waals surface area contributed by atoms with E-state index in [-0.39, 0.29) is 17.8 Å². The lowest BCUT2D eigenvalue weighted by Gasteiger charge is -2.09. The van der Waals surface area contributed by atoms with Crippen LogP contribution in [0.1, 0.15) is 32.9 Å². The van der Waals surface area contributed by atoms with Gasteiger partial charge in [0.25, 0.3) is 11.6 Å². The first-order valence-corrected chi connectivity index (χ1v) is 8.54. The molecule has 1 amide bonds. The minimum atomic E-state index is -0.552. The van der Waals surface area contributed by atoms with E-state index in [9.17, 15) is 14.9 Å². The van der Waals surface area contributed by atoms with E-state index >= 15 is 0 Å². The molecule has 0 atom stereocenters. The predicted molar refractivity (Wildman–Crippen MR) is 102 cm³/mol. The van der Waals surface area contributed by atoms with Gasteiger partial charge in [-0.1, -0.05) is 36.4 Å². The van der Waals surface area contributed by atoms with Crippen molar-refractivity contribution in [2.75, 3.05) is 0 Å². The Kier molecular flexibility index (Phi) is 5.30. The van der Waals surface area contributed by atoms with Crippen molar-refractivity contribution in [2.24, 2.45) is 0 Å². The number of nitro benzene ring substituents is 1. The van der Waals surface area contributed by atoms with Crippen LogP contribution in [0, 0.1) is 24.0 Å². The molecule has 0 fully saturated rings. The normalized spacial score (nSPS) is 10.6. The monoisotopic (exact) mass is 364 g/mol. The maximum Gasteiger partial charge on any atom is 0.282 e. The largest absolute Gasteiger partial charge is 0.348 e. The van der Waals surface area contributed by atoms with Crippen LogP contribution in [-0.4, -0.2) is 20.6 Å². The number of carbonyl (C=O) groups excluding carboxylic acids is 1. The average Bonchev–Trinajstić information content (AvgIpc) is 2.97. The van der Waals surface area contributed by atoms with E-state index in [1.54, 1.807) is 6.07 Å². The van der Waals surface area contributed by atoms with Crippen molar-refractivity contribution in [3.05, 3.63) is 92.8 Å². The first-order valence-electron chi connectivity index (χ1n) is 8.54. The lowest BCUT2D eigenvalue weighted by atomic mass is 10.1. The maximum absolute atomic E-state index is 12.3. The quantitative estimate of drug-likeness (QED) is 0.536. The van der Waals surface area contributed by atoms with Crippen LogP contribution in [-0.2, 0) is 13.1 Å². The Balaban J connectivity index is 1.69. The molecule has 3 rings (SSSR count). The molecule has 1 heterocycles. The minimum Gasteiger partial charge on any atom is -0.348 e. The highest BCUT2D eigenvalue weighted by Crippen LogP contribution is 2.17. The third-order valence-electron chi connectivity index (χ3n) is 4.23. The van der Waals surface area contributed by atoms with E-state index in [0.29, 0.717) is 6.54 Å². The number of aryl methyl sites for hydroxylation is 2. The average molecular weight is 364 g/mol.